The van der Waals surface area contributed by atoms with Crippen molar-refractivity contribution in [2.24, 2.45) is 10.2 Å². The molecule has 0 aromatic heterocycles. The lowest BCUT2D eigenvalue weighted by Gasteiger charge is -1.93. The Balaban J connectivity index is 3.34. The Morgan fingerprint density at radius 3 is 1.38 bits per heavy atom. The van der Waals surface area contributed by atoms with Gasteiger partial charge in [0.05, 0.1) is 0 Å². The van der Waals surface area contributed by atoms with Crippen molar-refractivity contribution in [1.82, 2.24) is 0 Å². The van der Waals surface area contributed by atoms with Crippen LogP contribution in [0.4, 0.5) is 0 Å². The van der Waals surface area contributed by atoms with E-state index in [-0.39, 0.29) is 0 Å². The van der Waals surface area contributed by atoms with Crippen molar-refractivity contribution in [3.05, 3.63) is 0 Å². The Bertz CT molecular complexity index is 70.1. The van der Waals surface area contributed by atoms with Crippen LogP contribution in [0.2, 0.25) is 0 Å². The van der Waals surface area contributed by atoms with E-state index in [1.165, 1.54) is 13.8 Å². The van der Waals surface area contributed by atoms with E-state index >= 15 is 0 Å². The van der Waals surface area contributed by atoms with Crippen LogP contribution >= 0.6 is 0 Å². The summed E-state index contributed by atoms with van der Waals surface area (Å²) in [7, 11) is 0. The second kappa shape index (κ2) is 3.51. The maximum atomic E-state index is 8.43. The maximum Gasteiger partial charge on any atom is 0.162 e. The van der Waals surface area contributed by atoms with E-state index in [1.807, 2.05) is 0 Å². The van der Waals surface area contributed by atoms with E-state index in [9.17, 15) is 0 Å². The van der Waals surface area contributed by atoms with Crippen LogP contribution in [0, 0.1) is 0 Å². The number of hydrogen-bond acceptors (Lipinski definition) is 4. The van der Waals surface area contributed by atoms with Crippen molar-refractivity contribution >= 4 is 0 Å². The van der Waals surface area contributed by atoms with E-state index in [2.05, 4.69) is 10.2 Å². The van der Waals surface area contributed by atoms with Gasteiger partial charge in [-0.15, -0.1) is 0 Å². The van der Waals surface area contributed by atoms with E-state index in [4.69, 9.17) is 10.2 Å². The monoisotopic (exact) mass is 118 g/mol. The summed E-state index contributed by atoms with van der Waals surface area (Å²) in [5.41, 5.74) is 0. The summed E-state index contributed by atoms with van der Waals surface area (Å²) in [4.78, 5) is 0. The van der Waals surface area contributed by atoms with E-state index in [0.29, 0.717) is 0 Å². The number of hydrogen-bond donors (Lipinski definition) is 2. The van der Waals surface area contributed by atoms with Gasteiger partial charge in [0.15, 0.2) is 12.5 Å². The van der Waals surface area contributed by atoms with Crippen molar-refractivity contribution in [2.75, 3.05) is 0 Å². The van der Waals surface area contributed by atoms with Gasteiger partial charge >= 0.3 is 0 Å². The fourth-order valence-electron chi connectivity index (χ4n) is 0.193. The van der Waals surface area contributed by atoms with Gasteiger partial charge in [-0.2, -0.15) is 10.2 Å². The lowest BCUT2D eigenvalue weighted by Crippen LogP contribution is -1.97. The molecule has 0 heterocycles. The molecule has 2 unspecified atom stereocenters. The molecule has 0 aliphatic heterocycles. The summed E-state index contributed by atoms with van der Waals surface area (Å²) in [6.07, 6.45) is -1.63. The molecule has 0 saturated heterocycles. The largest absolute Gasteiger partial charge is 0.370 e. The third-order valence-corrected chi connectivity index (χ3v) is 0.401. The molecule has 0 radical (unpaired) electrons. The first-order valence-corrected chi connectivity index (χ1v) is 2.39. The summed E-state index contributed by atoms with van der Waals surface area (Å²) in [6.45, 7) is 2.93. The molecule has 0 bridgehead atoms. The van der Waals surface area contributed by atoms with Crippen LogP contribution in [0.5, 0.6) is 0 Å². The molecule has 8 heavy (non-hydrogen) atoms. The molecule has 0 fully saturated rings. The molecule has 4 nitrogen and oxygen atoms in total. The molecule has 48 valence electrons. The lowest BCUT2D eigenvalue weighted by molar-refractivity contribution is 0.160. The fourth-order valence-corrected chi connectivity index (χ4v) is 0.193. The maximum absolute atomic E-state index is 8.43. The number of aliphatic hydroxyl groups excluding tert-OH is 2. The molecule has 0 aliphatic carbocycles. The number of azo groups is 1. The van der Waals surface area contributed by atoms with Gasteiger partial charge < -0.3 is 10.2 Å². The standard InChI is InChI=1S/C4H10N2O2/c1-3(7)5-6-4(2)8/h3-4,7-8H,1-2H3/b6-5+. The summed E-state index contributed by atoms with van der Waals surface area (Å²) in [5, 5.41) is 23.4. The lowest BCUT2D eigenvalue weighted by atomic mass is 10.7. The molecule has 0 rings (SSSR count). The van der Waals surface area contributed by atoms with Crippen molar-refractivity contribution in [1.29, 1.82) is 0 Å². The number of rotatable bonds is 2. The third kappa shape index (κ3) is 5.52. The van der Waals surface area contributed by atoms with Crippen LogP contribution in [0.25, 0.3) is 0 Å². The average Bonchev–Trinajstić information content (AvgIpc) is 1.61. The Morgan fingerprint density at radius 2 is 1.25 bits per heavy atom. The summed E-state index contributed by atoms with van der Waals surface area (Å²) >= 11 is 0. The second-order valence-corrected chi connectivity index (χ2v) is 1.49. The van der Waals surface area contributed by atoms with Crippen molar-refractivity contribution < 1.29 is 10.2 Å². The molecule has 4 heteroatoms. The smallest absolute Gasteiger partial charge is 0.162 e. The van der Waals surface area contributed by atoms with Gasteiger partial charge in [0, 0.05) is 0 Å². The minimum absolute atomic E-state index is 0.815. The first-order valence-electron chi connectivity index (χ1n) is 2.39. The van der Waals surface area contributed by atoms with Gasteiger partial charge in [-0.25, -0.2) is 0 Å². The predicted octanol–water partition coefficient (Wildman–Crippen LogP) is 0.115. The Kier molecular flexibility index (Phi) is 3.30. The molecule has 0 aromatic rings. The highest BCUT2D eigenvalue weighted by atomic mass is 16.3. The average molecular weight is 118 g/mol. The van der Waals surface area contributed by atoms with Crippen LogP contribution in [0.15, 0.2) is 10.2 Å². The van der Waals surface area contributed by atoms with Crippen LogP contribution < -0.4 is 0 Å². The van der Waals surface area contributed by atoms with Crippen LogP contribution in [-0.4, -0.2) is 22.7 Å². The van der Waals surface area contributed by atoms with Gasteiger partial charge in [0.2, 0.25) is 0 Å². The highest BCUT2D eigenvalue weighted by Gasteiger charge is 1.89. The zero-order chi connectivity index (χ0) is 6.57. The van der Waals surface area contributed by atoms with Gasteiger partial charge in [-0.05, 0) is 13.8 Å². The molecule has 0 saturated carbocycles. The highest BCUT2D eigenvalue weighted by molar-refractivity contribution is 4.37. The molecule has 2 atom stereocenters. The quantitative estimate of drug-likeness (QED) is 0.505. The van der Waals surface area contributed by atoms with Crippen LogP contribution in [0.3, 0.4) is 0 Å². The Morgan fingerprint density at radius 1 is 1.00 bits per heavy atom. The van der Waals surface area contributed by atoms with Crippen LogP contribution in [0.1, 0.15) is 13.8 Å². The third-order valence-electron chi connectivity index (χ3n) is 0.401. The minimum atomic E-state index is -0.815. The van der Waals surface area contributed by atoms with E-state index in [0.717, 1.165) is 0 Å². The van der Waals surface area contributed by atoms with Crippen LogP contribution in [-0.2, 0) is 0 Å². The van der Waals surface area contributed by atoms with Crippen molar-refractivity contribution in [3.63, 3.8) is 0 Å². The van der Waals surface area contributed by atoms with Crippen molar-refractivity contribution in [3.8, 4) is 0 Å². The SMILES string of the molecule is CC(O)/N=N/C(C)O. The molecule has 0 aromatic carbocycles. The molecule has 0 spiro atoms. The van der Waals surface area contributed by atoms with Crippen molar-refractivity contribution in [2.45, 2.75) is 26.3 Å². The minimum Gasteiger partial charge on any atom is -0.370 e. The van der Waals surface area contributed by atoms with Gasteiger partial charge in [-0.3, -0.25) is 0 Å². The first kappa shape index (κ1) is 7.52. The molecular formula is C4H10N2O2. The Hall–Kier alpha value is -0.480. The molecule has 0 aliphatic rings. The van der Waals surface area contributed by atoms with Gasteiger partial charge in [0.25, 0.3) is 0 Å². The summed E-state index contributed by atoms with van der Waals surface area (Å²) in [5.74, 6) is 0. The summed E-state index contributed by atoms with van der Waals surface area (Å²) in [6, 6.07) is 0. The fraction of sp³-hybridized carbons (Fsp3) is 1.00. The first-order chi connectivity index (χ1) is 3.63. The topological polar surface area (TPSA) is 65.2 Å². The normalized spacial score (nSPS) is 19.0. The van der Waals surface area contributed by atoms with Gasteiger partial charge in [0.1, 0.15) is 0 Å². The zero-order valence-electron chi connectivity index (χ0n) is 4.94. The van der Waals surface area contributed by atoms with Gasteiger partial charge in [-0.1, -0.05) is 0 Å². The van der Waals surface area contributed by atoms with E-state index in [1.54, 1.807) is 0 Å². The highest BCUT2D eigenvalue weighted by Crippen LogP contribution is 1.87. The summed E-state index contributed by atoms with van der Waals surface area (Å²) < 4.78 is 0. The molecule has 2 N–H and O–H groups in total. The zero-order valence-corrected chi connectivity index (χ0v) is 4.94. The molecule has 0 amide bonds. The van der Waals surface area contributed by atoms with E-state index < -0.39 is 12.5 Å². The Labute approximate surface area is 47.9 Å². The second-order valence-electron chi connectivity index (χ2n) is 1.49. The number of aliphatic hydroxyl groups is 2. The molecular weight excluding hydrogens is 108 g/mol. The predicted molar refractivity (Wildman–Crippen MR) is 28.2 cm³/mol. The number of nitrogens with zero attached hydrogens (tertiary/aromatic N) is 2.